The van der Waals surface area contributed by atoms with Crippen molar-refractivity contribution in [1.29, 1.82) is 0 Å². The Morgan fingerprint density at radius 1 is 1.17 bits per heavy atom. The summed E-state index contributed by atoms with van der Waals surface area (Å²) in [4.78, 5) is 15.0. The minimum absolute atomic E-state index is 0.211. The number of benzene rings is 2. The maximum atomic E-state index is 9.82. The molecular weight excluding hydrogens is 416 g/mol. The zero-order valence-corrected chi connectivity index (χ0v) is 19.2. The Morgan fingerprint density at radius 2 is 1.90 bits per heavy atom. The molecule has 2 aliphatic rings. The van der Waals surface area contributed by atoms with E-state index >= 15 is 0 Å². The zero-order valence-electron chi connectivity index (χ0n) is 17.6. The SMILES string of the molecule is CCOC(C)=O.Clc1ccc2c(c1)/C(=C\CCN1CCNCC1)c1ccccc1S2. The van der Waals surface area contributed by atoms with Crippen LogP contribution >= 0.6 is 23.4 Å². The molecule has 4 rings (SSSR count). The normalized spacial score (nSPS) is 16.8. The average molecular weight is 445 g/mol. The topological polar surface area (TPSA) is 41.6 Å². The summed E-state index contributed by atoms with van der Waals surface area (Å²) in [5.74, 6) is -0.211. The Morgan fingerprint density at radius 3 is 2.60 bits per heavy atom. The molecule has 0 saturated carbocycles. The van der Waals surface area contributed by atoms with Crippen LogP contribution < -0.4 is 5.32 Å². The molecule has 2 aliphatic heterocycles. The van der Waals surface area contributed by atoms with Crippen LogP contribution in [0.25, 0.3) is 5.57 Å². The number of fused-ring (bicyclic) bond motifs is 2. The minimum atomic E-state index is -0.211. The van der Waals surface area contributed by atoms with Crippen molar-refractivity contribution >= 4 is 34.9 Å². The molecule has 0 amide bonds. The van der Waals surface area contributed by atoms with Crippen molar-refractivity contribution in [3.8, 4) is 0 Å². The molecule has 0 spiro atoms. The monoisotopic (exact) mass is 444 g/mol. The molecule has 0 aromatic heterocycles. The molecule has 1 N–H and O–H groups in total. The van der Waals surface area contributed by atoms with Crippen LogP contribution in [0.5, 0.6) is 0 Å². The molecule has 2 aromatic carbocycles. The van der Waals surface area contributed by atoms with Crippen molar-refractivity contribution in [3.05, 3.63) is 64.7 Å². The molecule has 1 fully saturated rings. The third-order valence-corrected chi connectivity index (χ3v) is 6.37. The van der Waals surface area contributed by atoms with E-state index in [2.05, 4.69) is 57.4 Å². The molecule has 0 atom stereocenters. The van der Waals surface area contributed by atoms with Crippen LogP contribution in [0, 0.1) is 0 Å². The first-order valence-corrected chi connectivity index (χ1v) is 11.6. The van der Waals surface area contributed by atoms with Gasteiger partial charge in [-0.2, -0.15) is 0 Å². The quantitative estimate of drug-likeness (QED) is 0.567. The van der Waals surface area contributed by atoms with Gasteiger partial charge in [0, 0.05) is 54.5 Å². The lowest BCUT2D eigenvalue weighted by atomic mass is 9.96. The van der Waals surface area contributed by atoms with Crippen molar-refractivity contribution < 1.29 is 9.53 Å². The molecule has 4 nitrogen and oxygen atoms in total. The number of halogens is 1. The van der Waals surface area contributed by atoms with E-state index in [-0.39, 0.29) is 5.97 Å². The zero-order chi connectivity index (χ0) is 21.3. The molecule has 2 aromatic rings. The first kappa shape index (κ1) is 22.9. The van der Waals surface area contributed by atoms with Crippen LogP contribution in [0.15, 0.2) is 58.3 Å². The molecule has 0 bridgehead atoms. The van der Waals surface area contributed by atoms with E-state index in [4.69, 9.17) is 11.6 Å². The summed E-state index contributed by atoms with van der Waals surface area (Å²) < 4.78 is 4.40. The van der Waals surface area contributed by atoms with E-state index in [1.807, 2.05) is 17.8 Å². The molecule has 2 heterocycles. The number of nitrogens with one attached hydrogen (secondary N) is 1. The number of piperazine rings is 1. The van der Waals surface area contributed by atoms with Gasteiger partial charge in [0.2, 0.25) is 0 Å². The van der Waals surface area contributed by atoms with Gasteiger partial charge in [-0.3, -0.25) is 4.79 Å². The van der Waals surface area contributed by atoms with E-state index in [1.54, 1.807) is 6.92 Å². The van der Waals surface area contributed by atoms with E-state index in [1.165, 1.54) is 33.4 Å². The standard InChI is InChI=1S/C20H21ClN2S.C4H8O2/c21-15-7-8-20-18(14-15)16(17-4-1-2-6-19(17)24-20)5-3-11-23-12-9-22-10-13-23;1-3-6-4(2)5/h1-2,4-8,14,22H,3,9-13H2;3H2,1-2H3/b16-5-;. The summed E-state index contributed by atoms with van der Waals surface area (Å²) in [6, 6.07) is 14.9. The van der Waals surface area contributed by atoms with Gasteiger partial charge < -0.3 is 15.0 Å². The number of hydrogen-bond donors (Lipinski definition) is 1. The van der Waals surface area contributed by atoms with Crippen LogP contribution in [0.3, 0.4) is 0 Å². The summed E-state index contributed by atoms with van der Waals surface area (Å²) in [5, 5.41) is 4.22. The van der Waals surface area contributed by atoms with Gasteiger partial charge in [0.05, 0.1) is 6.61 Å². The number of nitrogens with zero attached hydrogens (tertiary/aromatic N) is 1. The Hall–Kier alpha value is -1.79. The van der Waals surface area contributed by atoms with Crippen molar-refractivity contribution in [1.82, 2.24) is 10.2 Å². The molecule has 6 heteroatoms. The summed E-state index contributed by atoms with van der Waals surface area (Å²) in [6.45, 7) is 9.29. The highest BCUT2D eigenvalue weighted by Crippen LogP contribution is 2.46. The second kappa shape index (κ2) is 11.6. The van der Waals surface area contributed by atoms with Crippen LogP contribution in [0.2, 0.25) is 5.02 Å². The molecule has 1 saturated heterocycles. The molecule has 160 valence electrons. The largest absolute Gasteiger partial charge is 0.466 e. The highest BCUT2D eigenvalue weighted by atomic mass is 35.5. The lowest BCUT2D eigenvalue weighted by Crippen LogP contribution is -2.43. The maximum absolute atomic E-state index is 9.82. The summed E-state index contributed by atoms with van der Waals surface area (Å²) in [6.07, 6.45) is 3.47. The maximum Gasteiger partial charge on any atom is 0.302 e. The molecular formula is C24H29ClN2O2S. The summed E-state index contributed by atoms with van der Waals surface area (Å²) in [7, 11) is 0. The summed E-state index contributed by atoms with van der Waals surface area (Å²) in [5.41, 5.74) is 3.93. The number of hydrogen-bond acceptors (Lipinski definition) is 5. The van der Waals surface area contributed by atoms with Gasteiger partial charge in [-0.15, -0.1) is 0 Å². The van der Waals surface area contributed by atoms with Gasteiger partial charge >= 0.3 is 5.97 Å². The van der Waals surface area contributed by atoms with Gasteiger partial charge in [0.15, 0.2) is 0 Å². The summed E-state index contributed by atoms with van der Waals surface area (Å²) >= 11 is 8.11. The Balaban J connectivity index is 0.000000377. The third-order valence-electron chi connectivity index (χ3n) is 4.98. The van der Waals surface area contributed by atoms with Crippen LogP contribution in [0.4, 0.5) is 0 Å². The van der Waals surface area contributed by atoms with E-state index in [0.717, 1.165) is 44.2 Å². The minimum Gasteiger partial charge on any atom is -0.466 e. The first-order chi connectivity index (χ1) is 14.6. The predicted octanol–water partition coefficient (Wildman–Crippen LogP) is 5.10. The highest BCUT2D eigenvalue weighted by Gasteiger charge is 2.20. The van der Waals surface area contributed by atoms with Crippen molar-refractivity contribution in [2.45, 2.75) is 30.1 Å². The van der Waals surface area contributed by atoms with E-state index in [0.29, 0.717) is 6.61 Å². The number of rotatable bonds is 4. The van der Waals surface area contributed by atoms with Gasteiger partial charge in [0.1, 0.15) is 0 Å². The van der Waals surface area contributed by atoms with Crippen molar-refractivity contribution in [2.24, 2.45) is 0 Å². The van der Waals surface area contributed by atoms with Crippen molar-refractivity contribution in [3.63, 3.8) is 0 Å². The Labute approximate surface area is 188 Å². The number of ether oxygens (including phenoxy) is 1. The number of esters is 1. The van der Waals surface area contributed by atoms with Gasteiger partial charge in [0.25, 0.3) is 0 Å². The van der Waals surface area contributed by atoms with Gasteiger partial charge in [-0.1, -0.05) is 47.6 Å². The smallest absolute Gasteiger partial charge is 0.302 e. The second-order valence-electron chi connectivity index (χ2n) is 7.16. The fourth-order valence-corrected chi connectivity index (χ4v) is 4.85. The average Bonchev–Trinajstić information content (AvgIpc) is 2.75. The molecule has 0 radical (unpaired) electrons. The van der Waals surface area contributed by atoms with E-state index in [9.17, 15) is 4.79 Å². The lowest BCUT2D eigenvalue weighted by Gasteiger charge is -2.27. The van der Waals surface area contributed by atoms with Gasteiger partial charge in [-0.05, 0) is 54.3 Å². The molecule has 0 aliphatic carbocycles. The fraction of sp³-hybridized carbons (Fsp3) is 0.375. The van der Waals surface area contributed by atoms with Crippen molar-refractivity contribution in [2.75, 3.05) is 39.3 Å². The first-order valence-electron chi connectivity index (χ1n) is 10.4. The lowest BCUT2D eigenvalue weighted by molar-refractivity contribution is -0.140. The number of carbonyl (C=O) groups excluding carboxylic acids is 1. The molecule has 30 heavy (non-hydrogen) atoms. The van der Waals surface area contributed by atoms with Crippen LogP contribution in [-0.4, -0.2) is 50.2 Å². The Kier molecular flexibility index (Phi) is 8.82. The van der Waals surface area contributed by atoms with E-state index < -0.39 is 0 Å². The second-order valence-corrected chi connectivity index (χ2v) is 8.68. The molecule has 0 unspecified atom stereocenters. The number of carbonyl (C=O) groups is 1. The highest BCUT2D eigenvalue weighted by molar-refractivity contribution is 7.99. The fourth-order valence-electron chi connectivity index (χ4n) is 3.59. The van der Waals surface area contributed by atoms with Crippen LogP contribution in [-0.2, 0) is 9.53 Å². The predicted molar refractivity (Wildman–Crippen MR) is 125 cm³/mol. The van der Waals surface area contributed by atoms with Crippen LogP contribution in [0.1, 0.15) is 31.4 Å². The third kappa shape index (κ3) is 6.35. The van der Waals surface area contributed by atoms with Gasteiger partial charge in [-0.25, -0.2) is 0 Å². The Bertz CT molecular complexity index is 895.